The van der Waals surface area contributed by atoms with E-state index in [-0.39, 0.29) is 16.2 Å². The van der Waals surface area contributed by atoms with Crippen LogP contribution in [0.15, 0.2) is 76.6 Å². The smallest absolute Gasteiger partial charge is 0.283 e. The lowest BCUT2D eigenvalue weighted by atomic mass is 10.2. The number of amides is 1. The number of thiazole rings is 1. The number of methoxy groups -OCH3 is 1. The van der Waals surface area contributed by atoms with Gasteiger partial charge in [0.2, 0.25) is 0 Å². The number of sulfonamides is 1. The number of ether oxygens (including phenoxy) is 1. The molecule has 1 aromatic heterocycles. The van der Waals surface area contributed by atoms with Gasteiger partial charge in [-0.2, -0.15) is 4.99 Å². The molecule has 0 saturated heterocycles. The second-order valence-electron chi connectivity index (χ2n) is 7.65. The van der Waals surface area contributed by atoms with Gasteiger partial charge in [-0.05, 0) is 48.4 Å². The molecule has 1 aliphatic rings. The number of hydrogen-bond acceptors (Lipinski definition) is 5. The van der Waals surface area contributed by atoms with Crippen LogP contribution in [0.3, 0.4) is 0 Å². The van der Waals surface area contributed by atoms with Crippen molar-refractivity contribution in [3.8, 4) is 5.75 Å². The molecule has 168 valence electrons. The summed E-state index contributed by atoms with van der Waals surface area (Å²) in [6, 6.07) is 19.5. The minimum atomic E-state index is -3.85. The summed E-state index contributed by atoms with van der Waals surface area (Å²) in [5.41, 5.74) is 2.72. The number of carbonyl (C=O) groups is 1. The highest BCUT2D eigenvalue weighted by molar-refractivity contribution is 7.92. The van der Waals surface area contributed by atoms with Gasteiger partial charge in [0, 0.05) is 13.6 Å². The maximum atomic E-state index is 13.4. The van der Waals surface area contributed by atoms with Crippen molar-refractivity contribution in [1.29, 1.82) is 0 Å². The molecule has 0 fully saturated rings. The van der Waals surface area contributed by atoms with E-state index in [0.29, 0.717) is 23.5 Å². The van der Waals surface area contributed by atoms with Gasteiger partial charge in [-0.15, -0.1) is 0 Å². The molecule has 4 aromatic rings. The first-order valence-electron chi connectivity index (χ1n) is 10.3. The molecule has 1 aliphatic heterocycles. The molecule has 0 saturated carbocycles. The third-order valence-electron chi connectivity index (χ3n) is 5.75. The third kappa shape index (κ3) is 3.63. The third-order valence-corrected chi connectivity index (χ3v) is 8.67. The van der Waals surface area contributed by atoms with Crippen LogP contribution in [-0.2, 0) is 23.5 Å². The average molecular weight is 480 g/mol. The topological polar surface area (TPSA) is 81.0 Å². The van der Waals surface area contributed by atoms with E-state index in [1.807, 2.05) is 54.1 Å². The molecule has 7 nitrogen and oxygen atoms in total. The number of benzene rings is 3. The van der Waals surface area contributed by atoms with Crippen LogP contribution in [0.2, 0.25) is 0 Å². The van der Waals surface area contributed by atoms with Gasteiger partial charge in [-0.1, -0.05) is 41.7 Å². The Morgan fingerprint density at radius 1 is 1.06 bits per heavy atom. The van der Waals surface area contributed by atoms with E-state index < -0.39 is 15.9 Å². The molecule has 0 spiro atoms. The van der Waals surface area contributed by atoms with E-state index in [9.17, 15) is 13.2 Å². The lowest BCUT2D eigenvalue weighted by molar-refractivity contribution is 0.0995. The number of aryl methyl sites for hydroxylation is 1. The second kappa shape index (κ2) is 8.17. The van der Waals surface area contributed by atoms with Crippen LogP contribution in [0.25, 0.3) is 10.2 Å². The lowest BCUT2D eigenvalue weighted by Gasteiger charge is -2.20. The molecule has 0 N–H and O–H groups in total. The first-order chi connectivity index (χ1) is 15.9. The fourth-order valence-electron chi connectivity index (χ4n) is 4.03. The summed E-state index contributed by atoms with van der Waals surface area (Å²) in [6.45, 7) is 0.360. The summed E-state index contributed by atoms with van der Waals surface area (Å²) < 4.78 is 36.5. The Morgan fingerprint density at radius 3 is 2.61 bits per heavy atom. The summed E-state index contributed by atoms with van der Waals surface area (Å²) in [6.07, 6.45) is 0.648. The van der Waals surface area contributed by atoms with Crippen molar-refractivity contribution >= 4 is 43.2 Å². The molecule has 0 atom stereocenters. The molecular formula is C24H21N3O4S2. The number of anilines is 1. The minimum absolute atomic E-state index is 0.0271. The Bertz CT molecular complexity index is 1570. The molecule has 0 unspecified atom stereocenters. The number of para-hydroxylation sites is 2. The molecular weight excluding hydrogens is 458 g/mol. The Balaban J connectivity index is 1.58. The van der Waals surface area contributed by atoms with Crippen LogP contribution in [0.5, 0.6) is 5.75 Å². The zero-order valence-electron chi connectivity index (χ0n) is 18.1. The first-order valence-corrected chi connectivity index (χ1v) is 12.6. The minimum Gasteiger partial charge on any atom is -0.496 e. The van der Waals surface area contributed by atoms with Gasteiger partial charge >= 0.3 is 0 Å². The van der Waals surface area contributed by atoms with Crippen molar-refractivity contribution in [3.63, 3.8) is 0 Å². The predicted octanol–water partition coefficient (Wildman–Crippen LogP) is 3.74. The predicted molar refractivity (Wildman–Crippen MR) is 128 cm³/mol. The summed E-state index contributed by atoms with van der Waals surface area (Å²) in [7, 11) is -0.571. The highest BCUT2D eigenvalue weighted by Gasteiger charge is 2.31. The van der Waals surface area contributed by atoms with Crippen molar-refractivity contribution in [3.05, 3.63) is 82.7 Å². The first kappa shape index (κ1) is 21.4. The number of fused-ring (bicyclic) bond motifs is 2. The van der Waals surface area contributed by atoms with Crippen molar-refractivity contribution in [2.75, 3.05) is 18.0 Å². The van der Waals surface area contributed by atoms with E-state index in [1.165, 1.54) is 41.0 Å². The molecule has 3 aromatic carbocycles. The summed E-state index contributed by atoms with van der Waals surface area (Å²) in [5, 5.41) is 0. The zero-order valence-corrected chi connectivity index (χ0v) is 19.7. The highest BCUT2D eigenvalue weighted by atomic mass is 32.2. The SMILES string of the molecule is COc1ccc(S(=O)(=O)N2CCc3ccccc32)cc1C(=O)N=c1sc2ccccc2n1C. The van der Waals surface area contributed by atoms with Gasteiger partial charge in [0.05, 0.1) is 33.5 Å². The number of aromatic nitrogens is 1. The monoisotopic (exact) mass is 479 g/mol. The van der Waals surface area contributed by atoms with Gasteiger partial charge < -0.3 is 9.30 Å². The molecule has 1 amide bonds. The number of hydrogen-bond donors (Lipinski definition) is 0. The van der Waals surface area contributed by atoms with Gasteiger partial charge in [0.25, 0.3) is 15.9 Å². The summed E-state index contributed by atoms with van der Waals surface area (Å²) in [5.74, 6) is -0.291. The molecule has 0 radical (unpaired) electrons. The quantitative estimate of drug-likeness (QED) is 0.447. The van der Waals surface area contributed by atoms with Crippen LogP contribution in [0.1, 0.15) is 15.9 Å². The van der Waals surface area contributed by atoms with Crippen molar-refractivity contribution in [2.24, 2.45) is 12.0 Å². The van der Waals surface area contributed by atoms with E-state index in [4.69, 9.17) is 4.74 Å². The standard InChI is InChI=1S/C24H21N3O4S2/c1-26-20-9-5-6-10-22(20)32-24(26)25-23(28)18-15-17(11-12-21(18)31-2)33(29,30)27-14-13-16-7-3-4-8-19(16)27/h3-12,15H,13-14H2,1-2H3. The molecule has 2 heterocycles. The molecule has 5 rings (SSSR count). The van der Waals surface area contributed by atoms with Crippen LogP contribution >= 0.6 is 11.3 Å². The maximum Gasteiger partial charge on any atom is 0.283 e. The summed E-state index contributed by atoms with van der Waals surface area (Å²) in [4.78, 5) is 18.0. The zero-order chi connectivity index (χ0) is 23.2. The Morgan fingerprint density at radius 2 is 1.82 bits per heavy atom. The van der Waals surface area contributed by atoms with E-state index >= 15 is 0 Å². The summed E-state index contributed by atoms with van der Waals surface area (Å²) >= 11 is 1.39. The van der Waals surface area contributed by atoms with Crippen LogP contribution < -0.4 is 13.8 Å². The van der Waals surface area contributed by atoms with Gasteiger partial charge in [0.15, 0.2) is 4.80 Å². The second-order valence-corrected chi connectivity index (χ2v) is 10.5. The Hall–Kier alpha value is -3.43. The fraction of sp³-hybridized carbons (Fsp3) is 0.167. The maximum absolute atomic E-state index is 13.4. The van der Waals surface area contributed by atoms with E-state index in [2.05, 4.69) is 4.99 Å². The van der Waals surface area contributed by atoms with Crippen molar-refractivity contribution < 1.29 is 17.9 Å². The normalized spacial score (nSPS) is 14.0. The van der Waals surface area contributed by atoms with Gasteiger partial charge in [-0.25, -0.2) is 8.42 Å². The molecule has 33 heavy (non-hydrogen) atoms. The van der Waals surface area contributed by atoms with Gasteiger partial charge in [0.1, 0.15) is 5.75 Å². The highest BCUT2D eigenvalue weighted by Crippen LogP contribution is 2.34. The molecule has 0 aliphatic carbocycles. The lowest BCUT2D eigenvalue weighted by Crippen LogP contribution is -2.29. The van der Waals surface area contributed by atoms with E-state index in [1.54, 1.807) is 6.07 Å². The number of carbonyl (C=O) groups excluding carboxylic acids is 1. The Kier molecular flexibility index (Phi) is 5.30. The van der Waals surface area contributed by atoms with Crippen LogP contribution in [0, 0.1) is 0 Å². The van der Waals surface area contributed by atoms with Crippen LogP contribution in [0.4, 0.5) is 5.69 Å². The molecule has 0 bridgehead atoms. The average Bonchev–Trinajstić information content (AvgIpc) is 3.40. The van der Waals surface area contributed by atoms with Gasteiger partial charge in [-0.3, -0.25) is 9.10 Å². The number of nitrogens with zero attached hydrogens (tertiary/aromatic N) is 3. The number of rotatable bonds is 4. The Labute approximate surface area is 195 Å². The molecule has 9 heteroatoms. The van der Waals surface area contributed by atoms with E-state index in [0.717, 1.165) is 15.8 Å². The van der Waals surface area contributed by atoms with Crippen molar-refractivity contribution in [2.45, 2.75) is 11.3 Å². The fourth-order valence-corrected chi connectivity index (χ4v) is 6.58. The van der Waals surface area contributed by atoms with Crippen LogP contribution in [-0.4, -0.2) is 32.5 Å². The van der Waals surface area contributed by atoms with Crippen molar-refractivity contribution in [1.82, 2.24) is 4.57 Å². The largest absolute Gasteiger partial charge is 0.496 e.